The van der Waals surface area contributed by atoms with Crippen molar-refractivity contribution in [2.45, 2.75) is 20.3 Å². The van der Waals surface area contributed by atoms with E-state index in [0.29, 0.717) is 24.1 Å². The van der Waals surface area contributed by atoms with Gasteiger partial charge < -0.3 is 15.1 Å². The fourth-order valence-electron chi connectivity index (χ4n) is 1.74. The first-order chi connectivity index (χ1) is 8.45. The van der Waals surface area contributed by atoms with E-state index < -0.39 is 5.97 Å². The average molecular weight is 251 g/mol. The number of phenols is 1. The summed E-state index contributed by atoms with van der Waals surface area (Å²) in [7, 11) is 0. The van der Waals surface area contributed by atoms with Gasteiger partial charge in [0.05, 0.1) is 0 Å². The quantitative estimate of drug-likeness (QED) is 0.833. The zero-order valence-electron chi connectivity index (χ0n) is 10.5. The third kappa shape index (κ3) is 3.48. The lowest BCUT2D eigenvalue weighted by atomic mass is 10.1. The number of carbonyl (C=O) groups is 2. The summed E-state index contributed by atoms with van der Waals surface area (Å²) in [5, 5.41) is 18.1. The van der Waals surface area contributed by atoms with Gasteiger partial charge in [-0.3, -0.25) is 9.59 Å². The smallest absolute Gasteiger partial charge is 0.323 e. The van der Waals surface area contributed by atoms with E-state index in [4.69, 9.17) is 5.11 Å². The monoisotopic (exact) mass is 251 g/mol. The predicted molar refractivity (Wildman–Crippen MR) is 66.7 cm³/mol. The van der Waals surface area contributed by atoms with E-state index in [1.807, 2.05) is 6.92 Å². The summed E-state index contributed by atoms with van der Waals surface area (Å²) in [5.74, 6) is -1.27. The zero-order valence-corrected chi connectivity index (χ0v) is 10.5. The molecule has 0 spiro atoms. The standard InChI is InChI=1S/C13H17NO4/c1-3-6-14(8-12(16)17)13(18)11-5-4-10(15)7-9(11)2/h4-5,7,15H,3,6,8H2,1-2H3,(H,16,17). The fourth-order valence-corrected chi connectivity index (χ4v) is 1.74. The van der Waals surface area contributed by atoms with Crippen molar-refractivity contribution in [3.8, 4) is 5.75 Å². The Labute approximate surface area is 106 Å². The Bertz CT molecular complexity index is 456. The van der Waals surface area contributed by atoms with Crippen LogP contribution in [0.2, 0.25) is 0 Å². The highest BCUT2D eigenvalue weighted by Crippen LogP contribution is 2.17. The Hall–Kier alpha value is -2.04. The fraction of sp³-hybridized carbons (Fsp3) is 0.385. The molecular weight excluding hydrogens is 234 g/mol. The number of aliphatic carboxylic acids is 1. The van der Waals surface area contributed by atoms with Crippen molar-refractivity contribution in [3.63, 3.8) is 0 Å². The molecule has 1 rings (SSSR count). The lowest BCUT2D eigenvalue weighted by molar-refractivity contribution is -0.137. The maximum Gasteiger partial charge on any atom is 0.323 e. The van der Waals surface area contributed by atoms with Crippen LogP contribution in [0, 0.1) is 6.92 Å². The Morgan fingerprint density at radius 1 is 1.33 bits per heavy atom. The first-order valence-electron chi connectivity index (χ1n) is 5.76. The highest BCUT2D eigenvalue weighted by molar-refractivity contribution is 5.97. The number of carbonyl (C=O) groups excluding carboxylic acids is 1. The normalized spacial score (nSPS) is 10.1. The van der Waals surface area contributed by atoms with Crippen LogP contribution in [0.3, 0.4) is 0 Å². The SMILES string of the molecule is CCCN(CC(=O)O)C(=O)c1ccc(O)cc1C. The maximum atomic E-state index is 12.2. The second-order valence-electron chi connectivity index (χ2n) is 4.12. The molecular formula is C13H17NO4. The summed E-state index contributed by atoms with van der Waals surface area (Å²) >= 11 is 0. The predicted octanol–water partition coefficient (Wildman–Crippen LogP) is 1.64. The van der Waals surface area contributed by atoms with Crippen LogP contribution in [-0.4, -0.2) is 40.1 Å². The number of nitrogens with zero attached hydrogens (tertiary/aromatic N) is 1. The van der Waals surface area contributed by atoms with E-state index in [1.165, 1.54) is 23.1 Å². The van der Waals surface area contributed by atoms with Crippen LogP contribution in [0.25, 0.3) is 0 Å². The number of hydrogen-bond acceptors (Lipinski definition) is 3. The van der Waals surface area contributed by atoms with Gasteiger partial charge in [-0.15, -0.1) is 0 Å². The van der Waals surface area contributed by atoms with Crippen molar-refractivity contribution in [2.75, 3.05) is 13.1 Å². The maximum absolute atomic E-state index is 12.2. The molecule has 0 aromatic heterocycles. The molecule has 0 bridgehead atoms. The van der Waals surface area contributed by atoms with E-state index in [-0.39, 0.29) is 18.2 Å². The molecule has 0 aliphatic heterocycles. The number of benzene rings is 1. The van der Waals surface area contributed by atoms with Crippen LogP contribution in [0.5, 0.6) is 5.75 Å². The lowest BCUT2D eigenvalue weighted by Gasteiger charge is -2.21. The molecule has 2 N–H and O–H groups in total. The minimum atomic E-state index is -1.03. The highest BCUT2D eigenvalue weighted by atomic mass is 16.4. The molecule has 5 heteroatoms. The van der Waals surface area contributed by atoms with Gasteiger partial charge in [0.2, 0.25) is 0 Å². The van der Waals surface area contributed by atoms with E-state index in [2.05, 4.69) is 0 Å². The van der Waals surface area contributed by atoms with E-state index in [1.54, 1.807) is 6.92 Å². The molecule has 0 radical (unpaired) electrons. The van der Waals surface area contributed by atoms with E-state index >= 15 is 0 Å². The van der Waals surface area contributed by atoms with Gasteiger partial charge in [0, 0.05) is 12.1 Å². The van der Waals surface area contributed by atoms with Gasteiger partial charge in [0.1, 0.15) is 12.3 Å². The van der Waals surface area contributed by atoms with Gasteiger partial charge in [-0.1, -0.05) is 6.92 Å². The molecule has 98 valence electrons. The molecule has 0 unspecified atom stereocenters. The molecule has 0 atom stereocenters. The van der Waals surface area contributed by atoms with Crippen molar-refractivity contribution in [1.29, 1.82) is 0 Å². The zero-order chi connectivity index (χ0) is 13.7. The van der Waals surface area contributed by atoms with Crippen molar-refractivity contribution in [3.05, 3.63) is 29.3 Å². The summed E-state index contributed by atoms with van der Waals surface area (Å²) < 4.78 is 0. The lowest BCUT2D eigenvalue weighted by Crippen LogP contribution is -2.36. The Morgan fingerprint density at radius 3 is 2.50 bits per heavy atom. The summed E-state index contributed by atoms with van der Waals surface area (Å²) in [4.78, 5) is 24.2. The molecule has 1 aromatic carbocycles. The number of amides is 1. The van der Waals surface area contributed by atoms with Crippen LogP contribution in [-0.2, 0) is 4.79 Å². The second-order valence-corrected chi connectivity index (χ2v) is 4.12. The number of aryl methyl sites for hydroxylation is 1. The molecule has 0 saturated heterocycles. The topological polar surface area (TPSA) is 77.8 Å². The number of hydrogen-bond donors (Lipinski definition) is 2. The molecule has 5 nitrogen and oxygen atoms in total. The Kier molecular flexibility index (Phi) is 4.71. The van der Waals surface area contributed by atoms with Crippen LogP contribution >= 0.6 is 0 Å². The summed E-state index contributed by atoms with van der Waals surface area (Å²) in [6, 6.07) is 4.42. The number of carboxylic acid groups (broad SMARTS) is 1. The van der Waals surface area contributed by atoms with Crippen LogP contribution < -0.4 is 0 Å². The third-order valence-corrected chi connectivity index (χ3v) is 2.55. The van der Waals surface area contributed by atoms with Crippen molar-refractivity contribution < 1.29 is 19.8 Å². The average Bonchev–Trinajstić information content (AvgIpc) is 2.27. The molecule has 0 aliphatic carbocycles. The van der Waals surface area contributed by atoms with E-state index in [0.717, 1.165) is 0 Å². The van der Waals surface area contributed by atoms with Crippen molar-refractivity contribution in [2.24, 2.45) is 0 Å². The number of rotatable bonds is 5. The summed E-state index contributed by atoms with van der Waals surface area (Å²) in [5.41, 5.74) is 1.05. The minimum Gasteiger partial charge on any atom is -0.508 e. The van der Waals surface area contributed by atoms with Gasteiger partial charge >= 0.3 is 5.97 Å². The molecule has 18 heavy (non-hydrogen) atoms. The Balaban J connectivity index is 2.97. The Morgan fingerprint density at radius 2 is 2.00 bits per heavy atom. The first-order valence-corrected chi connectivity index (χ1v) is 5.76. The van der Waals surface area contributed by atoms with Gasteiger partial charge in [-0.05, 0) is 37.1 Å². The molecule has 1 amide bonds. The van der Waals surface area contributed by atoms with Crippen LogP contribution in [0.4, 0.5) is 0 Å². The molecule has 0 heterocycles. The van der Waals surface area contributed by atoms with Crippen LogP contribution in [0.1, 0.15) is 29.3 Å². The van der Waals surface area contributed by atoms with Gasteiger partial charge in [0.25, 0.3) is 5.91 Å². The number of aromatic hydroxyl groups is 1. The minimum absolute atomic E-state index is 0.0873. The molecule has 0 aliphatic rings. The molecule has 1 aromatic rings. The molecule has 0 fully saturated rings. The first kappa shape index (κ1) is 14.0. The van der Waals surface area contributed by atoms with Crippen LogP contribution in [0.15, 0.2) is 18.2 Å². The highest BCUT2D eigenvalue weighted by Gasteiger charge is 2.19. The van der Waals surface area contributed by atoms with Gasteiger partial charge in [-0.25, -0.2) is 0 Å². The summed E-state index contributed by atoms with van der Waals surface area (Å²) in [6.07, 6.45) is 0.691. The number of phenolic OH excluding ortho intramolecular Hbond substituents is 1. The largest absolute Gasteiger partial charge is 0.508 e. The van der Waals surface area contributed by atoms with Crippen molar-refractivity contribution >= 4 is 11.9 Å². The van der Waals surface area contributed by atoms with E-state index in [9.17, 15) is 14.7 Å². The summed E-state index contributed by atoms with van der Waals surface area (Å²) in [6.45, 7) is 3.67. The number of carboxylic acids is 1. The molecule has 0 saturated carbocycles. The van der Waals surface area contributed by atoms with Gasteiger partial charge in [0.15, 0.2) is 0 Å². The third-order valence-electron chi connectivity index (χ3n) is 2.55. The second kappa shape index (κ2) is 6.05. The van der Waals surface area contributed by atoms with Gasteiger partial charge in [-0.2, -0.15) is 0 Å². The van der Waals surface area contributed by atoms with Crippen molar-refractivity contribution in [1.82, 2.24) is 4.90 Å².